The van der Waals surface area contributed by atoms with E-state index >= 15 is 0 Å². The number of piperidine rings is 1. The molecule has 5 nitrogen and oxygen atoms in total. The van der Waals surface area contributed by atoms with Crippen molar-refractivity contribution in [3.8, 4) is 11.1 Å². The average Bonchev–Trinajstić information content (AvgIpc) is 3.31. The van der Waals surface area contributed by atoms with E-state index in [2.05, 4.69) is 46.4 Å². The summed E-state index contributed by atoms with van der Waals surface area (Å²) in [6.45, 7) is 5.51. The molecule has 4 rings (SSSR count). The second kappa shape index (κ2) is 7.03. The van der Waals surface area contributed by atoms with E-state index < -0.39 is 0 Å². The Hall–Kier alpha value is -2.47. The maximum Gasteiger partial charge on any atom is 0.265 e. The minimum atomic E-state index is 0.103. The van der Waals surface area contributed by atoms with Crippen LogP contribution in [0.3, 0.4) is 0 Å². The molecule has 0 bridgehead atoms. The van der Waals surface area contributed by atoms with Gasteiger partial charge in [0.15, 0.2) is 0 Å². The van der Waals surface area contributed by atoms with Crippen molar-refractivity contribution in [1.29, 1.82) is 0 Å². The van der Waals surface area contributed by atoms with Crippen LogP contribution in [0.5, 0.6) is 0 Å². The fourth-order valence-corrected chi connectivity index (χ4v) is 4.39. The molecule has 0 saturated carbocycles. The van der Waals surface area contributed by atoms with E-state index in [0.717, 1.165) is 47.8 Å². The summed E-state index contributed by atoms with van der Waals surface area (Å²) in [6, 6.07) is 8.51. The van der Waals surface area contributed by atoms with Crippen LogP contribution in [0.4, 0.5) is 0 Å². The van der Waals surface area contributed by atoms with Crippen molar-refractivity contribution in [1.82, 2.24) is 20.1 Å². The van der Waals surface area contributed by atoms with Crippen LogP contribution in [-0.4, -0.2) is 39.1 Å². The van der Waals surface area contributed by atoms with Gasteiger partial charge in [-0.2, -0.15) is 5.10 Å². The summed E-state index contributed by atoms with van der Waals surface area (Å²) in [5.41, 5.74) is 7.25. The number of nitrogens with zero attached hydrogens (tertiary/aromatic N) is 3. The van der Waals surface area contributed by atoms with E-state index in [1.807, 2.05) is 18.0 Å². The average molecular weight is 366 g/mol. The second-order valence-electron chi connectivity index (χ2n) is 6.92. The van der Waals surface area contributed by atoms with Crippen LogP contribution < -0.4 is 0 Å². The summed E-state index contributed by atoms with van der Waals surface area (Å²) >= 11 is 1.43. The molecule has 1 saturated heterocycles. The highest BCUT2D eigenvalue weighted by Crippen LogP contribution is 2.33. The lowest BCUT2D eigenvalue weighted by Crippen LogP contribution is -2.39. The predicted molar refractivity (Wildman–Crippen MR) is 103 cm³/mol. The van der Waals surface area contributed by atoms with E-state index in [9.17, 15) is 4.79 Å². The molecular formula is C20H22N4OS. The highest BCUT2D eigenvalue weighted by molar-refractivity contribution is 7.11. The van der Waals surface area contributed by atoms with Gasteiger partial charge in [-0.25, -0.2) is 4.98 Å². The van der Waals surface area contributed by atoms with Crippen LogP contribution in [-0.2, 0) is 0 Å². The SMILES string of the molecule is Cc1ccc(-c2cn[nH]c2[C@@H]2CCCN(C(=O)c3scnc3C)C2)cc1. The van der Waals surface area contributed by atoms with Gasteiger partial charge in [-0.3, -0.25) is 9.89 Å². The number of likely N-dealkylation sites (tertiary alicyclic amines) is 1. The molecule has 0 spiro atoms. The van der Waals surface area contributed by atoms with Crippen molar-refractivity contribution in [3.05, 3.63) is 57.8 Å². The molecule has 1 N–H and O–H groups in total. The fraction of sp³-hybridized carbons (Fsp3) is 0.350. The molecule has 0 unspecified atom stereocenters. The molecule has 0 radical (unpaired) electrons. The molecule has 26 heavy (non-hydrogen) atoms. The number of H-pyrrole nitrogens is 1. The van der Waals surface area contributed by atoms with Gasteiger partial charge in [0.05, 0.1) is 17.4 Å². The van der Waals surface area contributed by atoms with E-state index in [0.29, 0.717) is 0 Å². The molecule has 3 aromatic rings. The number of thiazole rings is 1. The minimum Gasteiger partial charge on any atom is -0.337 e. The first-order chi connectivity index (χ1) is 12.6. The quantitative estimate of drug-likeness (QED) is 0.757. The lowest BCUT2D eigenvalue weighted by atomic mass is 9.90. The van der Waals surface area contributed by atoms with E-state index in [4.69, 9.17) is 0 Å². The van der Waals surface area contributed by atoms with Gasteiger partial charge < -0.3 is 4.90 Å². The van der Waals surface area contributed by atoms with Crippen LogP contribution in [0.15, 0.2) is 36.0 Å². The topological polar surface area (TPSA) is 61.9 Å². The number of carbonyl (C=O) groups excluding carboxylic acids is 1. The highest BCUT2D eigenvalue weighted by Gasteiger charge is 2.29. The minimum absolute atomic E-state index is 0.103. The van der Waals surface area contributed by atoms with Gasteiger partial charge in [-0.15, -0.1) is 11.3 Å². The number of nitrogens with one attached hydrogen (secondary N) is 1. The molecule has 1 aliphatic heterocycles. The van der Waals surface area contributed by atoms with Gasteiger partial charge in [-0.05, 0) is 32.3 Å². The molecule has 1 atom stereocenters. The third-order valence-corrected chi connectivity index (χ3v) is 6.00. The molecule has 3 heterocycles. The van der Waals surface area contributed by atoms with Crippen LogP contribution in [0.2, 0.25) is 0 Å². The third kappa shape index (κ3) is 3.17. The Morgan fingerprint density at radius 2 is 2.08 bits per heavy atom. The summed E-state index contributed by atoms with van der Waals surface area (Å²) < 4.78 is 0. The molecule has 1 fully saturated rings. The Balaban J connectivity index is 1.57. The molecule has 1 amide bonds. The van der Waals surface area contributed by atoms with Crippen LogP contribution in [0.1, 0.15) is 45.4 Å². The lowest BCUT2D eigenvalue weighted by molar-refractivity contribution is 0.0710. The maximum absolute atomic E-state index is 12.9. The van der Waals surface area contributed by atoms with E-state index in [1.165, 1.54) is 22.5 Å². The van der Waals surface area contributed by atoms with E-state index in [1.54, 1.807) is 5.51 Å². The zero-order valence-corrected chi connectivity index (χ0v) is 15.8. The van der Waals surface area contributed by atoms with Crippen molar-refractivity contribution < 1.29 is 4.79 Å². The van der Waals surface area contributed by atoms with Gasteiger partial charge >= 0.3 is 0 Å². The smallest absolute Gasteiger partial charge is 0.265 e. The first-order valence-electron chi connectivity index (χ1n) is 8.93. The van der Waals surface area contributed by atoms with E-state index in [-0.39, 0.29) is 11.8 Å². The molecule has 6 heteroatoms. The number of amides is 1. The zero-order valence-electron chi connectivity index (χ0n) is 15.0. The Morgan fingerprint density at radius 3 is 2.81 bits per heavy atom. The zero-order chi connectivity index (χ0) is 18.1. The number of rotatable bonds is 3. The number of hydrogen-bond donors (Lipinski definition) is 1. The number of hydrogen-bond acceptors (Lipinski definition) is 4. The fourth-order valence-electron chi connectivity index (χ4n) is 3.62. The Morgan fingerprint density at radius 1 is 1.27 bits per heavy atom. The van der Waals surface area contributed by atoms with Crippen molar-refractivity contribution in [2.75, 3.05) is 13.1 Å². The molecule has 1 aliphatic rings. The third-order valence-electron chi connectivity index (χ3n) is 5.09. The van der Waals surface area contributed by atoms with Crippen LogP contribution in [0, 0.1) is 13.8 Å². The normalized spacial score (nSPS) is 17.5. The summed E-state index contributed by atoms with van der Waals surface area (Å²) in [4.78, 5) is 19.8. The van der Waals surface area contributed by atoms with Crippen molar-refractivity contribution in [2.24, 2.45) is 0 Å². The standard InChI is InChI=1S/C20H22N4OS/c1-13-5-7-15(8-6-13)17-10-22-23-18(17)16-4-3-9-24(11-16)20(25)19-14(2)21-12-26-19/h5-8,10,12,16H,3-4,9,11H2,1-2H3,(H,22,23)/t16-/m1/s1. The van der Waals surface area contributed by atoms with Gasteiger partial charge in [-0.1, -0.05) is 29.8 Å². The van der Waals surface area contributed by atoms with Crippen molar-refractivity contribution in [2.45, 2.75) is 32.6 Å². The number of aryl methyl sites for hydroxylation is 2. The monoisotopic (exact) mass is 366 g/mol. The van der Waals surface area contributed by atoms with Gasteiger partial charge in [0.25, 0.3) is 5.91 Å². The summed E-state index contributed by atoms with van der Waals surface area (Å²) in [5.74, 6) is 0.380. The summed E-state index contributed by atoms with van der Waals surface area (Å²) in [5, 5.41) is 7.49. The van der Waals surface area contributed by atoms with Crippen molar-refractivity contribution in [3.63, 3.8) is 0 Å². The number of aromatic nitrogens is 3. The first-order valence-corrected chi connectivity index (χ1v) is 9.81. The molecular weight excluding hydrogens is 344 g/mol. The van der Waals surface area contributed by atoms with Crippen LogP contribution in [0.25, 0.3) is 11.1 Å². The molecule has 134 valence electrons. The molecule has 2 aromatic heterocycles. The van der Waals surface area contributed by atoms with Gasteiger partial charge in [0.1, 0.15) is 4.88 Å². The second-order valence-corrected chi connectivity index (χ2v) is 7.78. The largest absolute Gasteiger partial charge is 0.337 e. The maximum atomic E-state index is 12.9. The highest BCUT2D eigenvalue weighted by atomic mass is 32.1. The van der Waals surface area contributed by atoms with Gasteiger partial charge in [0.2, 0.25) is 0 Å². The molecule has 0 aliphatic carbocycles. The predicted octanol–water partition coefficient (Wildman–Crippen LogP) is 4.17. The number of aromatic amines is 1. The Kier molecular flexibility index (Phi) is 4.59. The van der Waals surface area contributed by atoms with Crippen molar-refractivity contribution >= 4 is 17.2 Å². The number of carbonyl (C=O) groups is 1. The van der Waals surface area contributed by atoms with Gasteiger partial charge in [0, 0.05) is 30.3 Å². The number of benzene rings is 1. The summed E-state index contributed by atoms with van der Waals surface area (Å²) in [7, 11) is 0. The Bertz CT molecular complexity index is 912. The lowest BCUT2D eigenvalue weighted by Gasteiger charge is -2.32. The molecule has 1 aromatic carbocycles. The summed E-state index contributed by atoms with van der Waals surface area (Å²) in [6.07, 6.45) is 3.96. The first kappa shape index (κ1) is 17.0. The van der Waals surface area contributed by atoms with Crippen LogP contribution >= 0.6 is 11.3 Å². The Labute approximate surface area is 157 Å².